The fraction of sp³-hybridized carbons (Fsp3) is 0.500. The lowest BCUT2D eigenvalue weighted by Crippen LogP contribution is -2.46. The number of nitriles is 1. The summed E-state index contributed by atoms with van der Waals surface area (Å²) in [7, 11) is 1.53. The van der Waals surface area contributed by atoms with Crippen molar-refractivity contribution in [1.29, 1.82) is 5.26 Å². The van der Waals surface area contributed by atoms with Crippen LogP contribution in [0.25, 0.3) is 0 Å². The topological polar surface area (TPSA) is 71.3 Å². The van der Waals surface area contributed by atoms with Gasteiger partial charge in [0.05, 0.1) is 19.8 Å². The van der Waals surface area contributed by atoms with Crippen LogP contribution in [0, 0.1) is 17.2 Å². The van der Waals surface area contributed by atoms with Crippen molar-refractivity contribution in [2.24, 2.45) is 5.92 Å². The second-order valence-electron chi connectivity index (χ2n) is 5.34. The average Bonchev–Trinajstić information content (AvgIpc) is 3.32. The zero-order valence-electron chi connectivity index (χ0n) is 12.6. The molecule has 5 heteroatoms. The Morgan fingerprint density at radius 1 is 1.48 bits per heavy atom. The molecule has 2 rings (SSSR count). The first-order valence-electron chi connectivity index (χ1n) is 7.08. The summed E-state index contributed by atoms with van der Waals surface area (Å²) in [5.74, 6) is 1.08. The monoisotopic (exact) mass is 288 g/mol. The maximum atomic E-state index is 12.3. The van der Waals surface area contributed by atoms with Gasteiger partial charge in [-0.2, -0.15) is 5.26 Å². The molecule has 1 aliphatic rings. The molecule has 0 saturated heterocycles. The van der Waals surface area contributed by atoms with E-state index < -0.39 is 5.54 Å². The van der Waals surface area contributed by atoms with Crippen molar-refractivity contribution in [3.8, 4) is 17.6 Å². The van der Waals surface area contributed by atoms with Crippen molar-refractivity contribution in [2.45, 2.75) is 32.2 Å². The van der Waals surface area contributed by atoms with E-state index in [1.165, 1.54) is 7.11 Å². The zero-order valence-corrected chi connectivity index (χ0v) is 12.6. The Bertz CT molecular complexity index is 575. The Kier molecular flexibility index (Phi) is 4.37. The molecule has 1 aromatic carbocycles. The highest BCUT2D eigenvalue weighted by Crippen LogP contribution is 2.39. The van der Waals surface area contributed by atoms with Crippen molar-refractivity contribution in [2.75, 3.05) is 13.7 Å². The van der Waals surface area contributed by atoms with Gasteiger partial charge in [-0.3, -0.25) is 4.79 Å². The molecule has 1 atom stereocenters. The van der Waals surface area contributed by atoms with Crippen molar-refractivity contribution in [3.05, 3.63) is 23.8 Å². The van der Waals surface area contributed by atoms with E-state index >= 15 is 0 Å². The number of hydrogen-bond donors (Lipinski definition) is 1. The SMILES string of the molecule is CCOc1ccc(C(=O)N[C@](C)(C#N)C2CC2)cc1OC. The Morgan fingerprint density at radius 2 is 2.19 bits per heavy atom. The lowest BCUT2D eigenvalue weighted by atomic mass is 9.97. The molecule has 0 radical (unpaired) electrons. The largest absolute Gasteiger partial charge is 0.493 e. The van der Waals surface area contributed by atoms with Gasteiger partial charge in [0.25, 0.3) is 5.91 Å². The van der Waals surface area contributed by atoms with Crippen LogP contribution in [0.15, 0.2) is 18.2 Å². The molecule has 1 fully saturated rings. The van der Waals surface area contributed by atoms with E-state index in [4.69, 9.17) is 9.47 Å². The molecule has 1 N–H and O–H groups in total. The van der Waals surface area contributed by atoms with Crippen LogP contribution in [0.5, 0.6) is 11.5 Å². The van der Waals surface area contributed by atoms with Crippen LogP contribution >= 0.6 is 0 Å². The summed E-state index contributed by atoms with van der Waals surface area (Å²) in [6.07, 6.45) is 1.97. The molecule has 21 heavy (non-hydrogen) atoms. The van der Waals surface area contributed by atoms with Crippen molar-refractivity contribution < 1.29 is 14.3 Å². The van der Waals surface area contributed by atoms with Gasteiger partial charge in [-0.15, -0.1) is 0 Å². The Morgan fingerprint density at radius 3 is 2.71 bits per heavy atom. The van der Waals surface area contributed by atoms with Gasteiger partial charge in [0, 0.05) is 5.56 Å². The first-order chi connectivity index (χ1) is 10.0. The Hall–Kier alpha value is -2.22. The molecule has 112 valence electrons. The predicted molar refractivity (Wildman–Crippen MR) is 78.4 cm³/mol. The average molecular weight is 288 g/mol. The molecule has 0 heterocycles. The number of nitrogens with one attached hydrogen (secondary N) is 1. The fourth-order valence-corrected chi connectivity index (χ4v) is 2.27. The van der Waals surface area contributed by atoms with Crippen molar-refractivity contribution in [3.63, 3.8) is 0 Å². The van der Waals surface area contributed by atoms with E-state index in [1.807, 2.05) is 6.92 Å². The van der Waals surface area contributed by atoms with Crippen LogP contribution < -0.4 is 14.8 Å². The van der Waals surface area contributed by atoms with Gasteiger partial charge in [0.1, 0.15) is 5.54 Å². The summed E-state index contributed by atoms with van der Waals surface area (Å²) in [5, 5.41) is 12.1. The number of nitrogens with zero attached hydrogens (tertiary/aromatic N) is 1. The smallest absolute Gasteiger partial charge is 0.252 e. The molecular weight excluding hydrogens is 268 g/mol. The molecule has 1 aliphatic carbocycles. The van der Waals surface area contributed by atoms with Crippen molar-refractivity contribution >= 4 is 5.91 Å². The second kappa shape index (κ2) is 6.04. The maximum Gasteiger partial charge on any atom is 0.252 e. The number of rotatable bonds is 6. The minimum Gasteiger partial charge on any atom is -0.493 e. The van der Waals surface area contributed by atoms with Gasteiger partial charge in [-0.1, -0.05) is 0 Å². The second-order valence-corrected chi connectivity index (χ2v) is 5.34. The number of ether oxygens (including phenoxy) is 2. The van der Waals surface area contributed by atoms with Gasteiger partial charge < -0.3 is 14.8 Å². The highest BCUT2D eigenvalue weighted by molar-refractivity contribution is 5.95. The molecule has 1 aromatic rings. The van der Waals surface area contributed by atoms with E-state index in [0.717, 1.165) is 12.8 Å². The minimum atomic E-state index is -0.803. The molecule has 0 bridgehead atoms. The lowest BCUT2D eigenvalue weighted by Gasteiger charge is -2.23. The third kappa shape index (κ3) is 3.27. The van der Waals surface area contributed by atoms with Crippen LogP contribution in [-0.2, 0) is 0 Å². The Labute approximate surface area is 124 Å². The molecule has 1 amide bonds. The summed E-state index contributed by atoms with van der Waals surface area (Å²) >= 11 is 0. The molecular formula is C16H20N2O3. The third-order valence-corrected chi connectivity index (χ3v) is 3.72. The highest BCUT2D eigenvalue weighted by atomic mass is 16.5. The first-order valence-corrected chi connectivity index (χ1v) is 7.08. The molecule has 1 saturated carbocycles. The van der Waals surface area contributed by atoms with Crippen molar-refractivity contribution in [1.82, 2.24) is 5.32 Å². The van der Waals surface area contributed by atoms with Gasteiger partial charge in [0.15, 0.2) is 11.5 Å². The van der Waals surface area contributed by atoms with Crippen LogP contribution in [0.2, 0.25) is 0 Å². The molecule has 0 unspecified atom stereocenters. The quantitative estimate of drug-likeness (QED) is 0.873. The number of carbonyl (C=O) groups is 1. The highest BCUT2D eigenvalue weighted by Gasteiger charge is 2.43. The van der Waals surface area contributed by atoms with E-state index in [2.05, 4.69) is 11.4 Å². The lowest BCUT2D eigenvalue weighted by molar-refractivity contribution is 0.0917. The number of hydrogen-bond acceptors (Lipinski definition) is 4. The number of carbonyl (C=O) groups excluding carboxylic acids is 1. The summed E-state index contributed by atoms with van der Waals surface area (Å²) < 4.78 is 10.7. The van der Waals surface area contributed by atoms with E-state index in [1.54, 1.807) is 25.1 Å². The molecule has 0 aromatic heterocycles. The van der Waals surface area contributed by atoms with E-state index in [9.17, 15) is 10.1 Å². The summed E-state index contributed by atoms with van der Waals surface area (Å²) in [5.41, 5.74) is -0.347. The standard InChI is InChI=1S/C16H20N2O3/c1-4-21-13-8-5-11(9-14(13)20-3)15(19)18-16(2,10-17)12-6-7-12/h5,8-9,12H,4,6-7H2,1-3H3,(H,18,19)/t16-/m1/s1. The zero-order chi connectivity index (χ0) is 15.5. The number of benzene rings is 1. The molecule has 0 aliphatic heterocycles. The normalized spacial score (nSPS) is 16.5. The fourth-order valence-electron chi connectivity index (χ4n) is 2.27. The van der Waals surface area contributed by atoms with Gasteiger partial charge in [-0.05, 0) is 50.8 Å². The predicted octanol–water partition coefficient (Wildman–Crippen LogP) is 2.52. The van der Waals surface area contributed by atoms with Crippen LogP contribution in [0.3, 0.4) is 0 Å². The van der Waals surface area contributed by atoms with E-state index in [-0.39, 0.29) is 11.8 Å². The minimum absolute atomic E-state index is 0.246. The number of amides is 1. The van der Waals surface area contributed by atoms with Crippen LogP contribution in [0.4, 0.5) is 0 Å². The third-order valence-electron chi connectivity index (χ3n) is 3.72. The molecule has 5 nitrogen and oxygen atoms in total. The molecule has 0 spiro atoms. The van der Waals surface area contributed by atoms with Gasteiger partial charge >= 0.3 is 0 Å². The van der Waals surface area contributed by atoms with Crippen LogP contribution in [0.1, 0.15) is 37.0 Å². The first kappa shape index (κ1) is 15.2. The number of methoxy groups -OCH3 is 1. The van der Waals surface area contributed by atoms with E-state index in [0.29, 0.717) is 23.7 Å². The van der Waals surface area contributed by atoms with Gasteiger partial charge in [0.2, 0.25) is 0 Å². The Balaban J connectivity index is 2.17. The van der Waals surface area contributed by atoms with Crippen LogP contribution in [-0.4, -0.2) is 25.2 Å². The maximum absolute atomic E-state index is 12.3. The summed E-state index contributed by atoms with van der Waals surface area (Å²) in [6.45, 7) is 4.18. The summed E-state index contributed by atoms with van der Waals surface area (Å²) in [4.78, 5) is 12.3. The van der Waals surface area contributed by atoms with Gasteiger partial charge in [-0.25, -0.2) is 0 Å². The summed E-state index contributed by atoms with van der Waals surface area (Å²) in [6, 6.07) is 7.22.